The molecule has 1 aromatic rings. The third-order valence-electron chi connectivity index (χ3n) is 3.31. The molecule has 0 bridgehead atoms. The first-order valence-corrected chi connectivity index (χ1v) is 7.04. The zero-order valence-electron chi connectivity index (χ0n) is 11.2. The number of halogens is 1. The molecule has 0 aliphatic heterocycles. The molecule has 0 aliphatic rings. The first kappa shape index (κ1) is 15.2. The van der Waals surface area contributed by atoms with Gasteiger partial charge in [-0.25, -0.2) is 0 Å². The normalized spacial score (nSPS) is 11.4. The number of aryl methyl sites for hydroxylation is 1. The van der Waals surface area contributed by atoms with Crippen LogP contribution < -0.4 is 11.1 Å². The van der Waals surface area contributed by atoms with Crippen molar-refractivity contribution in [2.45, 2.75) is 39.2 Å². The van der Waals surface area contributed by atoms with E-state index in [1.807, 2.05) is 39.0 Å². The van der Waals surface area contributed by atoms with Crippen LogP contribution in [-0.2, 0) is 0 Å². The van der Waals surface area contributed by atoms with Crippen molar-refractivity contribution in [1.82, 2.24) is 5.32 Å². The Labute approximate surface area is 117 Å². The average Bonchev–Trinajstić information content (AvgIpc) is 2.34. The Kier molecular flexibility index (Phi) is 5.35. The zero-order valence-corrected chi connectivity index (χ0v) is 12.8. The van der Waals surface area contributed by atoms with Gasteiger partial charge < -0.3 is 11.1 Å². The molecule has 0 fully saturated rings. The molecule has 4 heteroatoms. The number of carbonyl (C=O) groups is 1. The summed E-state index contributed by atoms with van der Waals surface area (Å²) in [5.74, 6) is -0.0730. The van der Waals surface area contributed by atoms with E-state index in [0.29, 0.717) is 12.1 Å². The van der Waals surface area contributed by atoms with E-state index in [4.69, 9.17) is 5.73 Å². The number of benzene rings is 1. The molecule has 0 aromatic heterocycles. The van der Waals surface area contributed by atoms with Crippen molar-refractivity contribution < 1.29 is 4.79 Å². The van der Waals surface area contributed by atoms with Crippen molar-refractivity contribution >= 4 is 21.8 Å². The highest BCUT2D eigenvalue weighted by molar-refractivity contribution is 9.10. The Bertz CT molecular complexity index is 408. The predicted octanol–water partition coefficient (Wildman–Crippen LogP) is 3.00. The van der Waals surface area contributed by atoms with Crippen LogP contribution in [0.4, 0.5) is 0 Å². The fourth-order valence-electron chi connectivity index (χ4n) is 1.73. The van der Waals surface area contributed by atoms with Crippen LogP contribution in [0.15, 0.2) is 22.7 Å². The molecule has 0 radical (unpaired) electrons. The van der Waals surface area contributed by atoms with Crippen LogP contribution in [0.1, 0.15) is 42.6 Å². The van der Waals surface area contributed by atoms with E-state index < -0.39 is 0 Å². The predicted molar refractivity (Wildman–Crippen MR) is 78.7 cm³/mol. The van der Waals surface area contributed by atoms with Gasteiger partial charge in [0.05, 0.1) is 0 Å². The minimum Gasteiger partial charge on any atom is -0.350 e. The summed E-state index contributed by atoms with van der Waals surface area (Å²) in [6, 6.07) is 5.66. The summed E-state index contributed by atoms with van der Waals surface area (Å²) in [7, 11) is 0. The van der Waals surface area contributed by atoms with Crippen molar-refractivity contribution in [2.75, 3.05) is 6.54 Å². The summed E-state index contributed by atoms with van der Waals surface area (Å²) in [5.41, 5.74) is 7.57. The standard InChI is InChI=1S/C14H21BrN2O/c1-4-14(16,5-2)9-17-13(18)11-6-10(3)7-12(15)8-11/h6-8H,4-5,9,16H2,1-3H3,(H,17,18). The Morgan fingerprint density at radius 1 is 1.33 bits per heavy atom. The lowest BCUT2D eigenvalue weighted by Gasteiger charge is -2.26. The molecule has 1 aromatic carbocycles. The highest BCUT2D eigenvalue weighted by Gasteiger charge is 2.21. The molecule has 0 saturated heterocycles. The lowest BCUT2D eigenvalue weighted by atomic mass is 9.94. The summed E-state index contributed by atoms with van der Waals surface area (Å²) >= 11 is 3.39. The Morgan fingerprint density at radius 3 is 2.44 bits per heavy atom. The summed E-state index contributed by atoms with van der Waals surface area (Å²) < 4.78 is 0.914. The Balaban J connectivity index is 2.71. The quantitative estimate of drug-likeness (QED) is 0.878. The topological polar surface area (TPSA) is 55.1 Å². The average molecular weight is 313 g/mol. The van der Waals surface area contributed by atoms with Gasteiger partial charge in [-0.15, -0.1) is 0 Å². The van der Waals surface area contributed by atoms with Crippen LogP contribution in [0.25, 0.3) is 0 Å². The molecule has 0 saturated carbocycles. The van der Waals surface area contributed by atoms with E-state index in [0.717, 1.165) is 22.9 Å². The molecule has 0 aliphatic carbocycles. The molecule has 0 unspecified atom stereocenters. The fraction of sp³-hybridized carbons (Fsp3) is 0.500. The third-order valence-corrected chi connectivity index (χ3v) is 3.77. The summed E-state index contributed by atoms with van der Waals surface area (Å²) in [6.45, 7) is 6.55. The van der Waals surface area contributed by atoms with E-state index >= 15 is 0 Å². The molecular weight excluding hydrogens is 292 g/mol. The molecule has 3 N–H and O–H groups in total. The lowest BCUT2D eigenvalue weighted by molar-refractivity contribution is 0.0942. The zero-order chi connectivity index (χ0) is 13.8. The van der Waals surface area contributed by atoms with Gasteiger partial charge in [-0.3, -0.25) is 4.79 Å². The Morgan fingerprint density at radius 2 is 1.94 bits per heavy atom. The molecule has 1 rings (SSSR count). The molecule has 3 nitrogen and oxygen atoms in total. The maximum absolute atomic E-state index is 12.0. The van der Waals surface area contributed by atoms with E-state index in [9.17, 15) is 4.79 Å². The highest BCUT2D eigenvalue weighted by atomic mass is 79.9. The number of carbonyl (C=O) groups excluding carboxylic acids is 1. The molecule has 18 heavy (non-hydrogen) atoms. The molecule has 1 amide bonds. The van der Waals surface area contributed by atoms with Crippen molar-refractivity contribution in [2.24, 2.45) is 5.73 Å². The van der Waals surface area contributed by atoms with Crippen LogP contribution in [0.5, 0.6) is 0 Å². The molecule has 100 valence electrons. The van der Waals surface area contributed by atoms with E-state index in [2.05, 4.69) is 21.2 Å². The van der Waals surface area contributed by atoms with Gasteiger partial charge in [-0.2, -0.15) is 0 Å². The van der Waals surface area contributed by atoms with Gasteiger partial charge in [0.25, 0.3) is 5.91 Å². The van der Waals surface area contributed by atoms with Crippen LogP contribution in [0, 0.1) is 6.92 Å². The van der Waals surface area contributed by atoms with E-state index in [-0.39, 0.29) is 11.4 Å². The Hall–Kier alpha value is -0.870. The monoisotopic (exact) mass is 312 g/mol. The summed E-state index contributed by atoms with van der Waals surface area (Å²) in [6.07, 6.45) is 1.70. The second-order valence-electron chi connectivity index (χ2n) is 4.77. The number of hydrogen-bond acceptors (Lipinski definition) is 2. The summed E-state index contributed by atoms with van der Waals surface area (Å²) in [4.78, 5) is 12.0. The first-order chi connectivity index (χ1) is 8.40. The van der Waals surface area contributed by atoms with Gasteiger partial charge in [0.15, 0.2) is 0 Å². The number of nitrogens with two attached hydrogens (primary N) is 1. The van der Waals surface area contributed by atoms with Gasteiger partial charge in [-0.1, -0.05) is 29.8 Å². The number of hydrogen-bond donors (Lipinski definition) is 2. The van der Waals surface area contributed by atoms with Gasteiger partial charge in [0.1, 0.15) is 0 Å². The third kappa shape index (κ3) is 4.10. The molecule has 0 atom stereocenters. The second kappa shape index (κ2) is 6.34. The van der Waals surface area contributed by atoms with Crippen molar-refractivity contribution in [3.8, 4) is 0 Å². The number of nitrogens with one attached hydrogen (secondary N) is 1. The largest absolute Gasteiger partial charge is 0.350 e. The van der Waals surface area contributed by atoms with E-state index in [1.165, 1.54) is 0 Å². The van der Waals surface area contributed by atoms with E-state index in [1.54, 1.807) is 0 Å². The number of amides is 1. The smallest absolute Gasteiger partial charge is 0.251 e. The van der Waals surface area contributed by atoms with Crippen molar-refractivity contribution in [3.63, 3.8) is 0 Å². The van der Waals surface area contributed by atoms with Crippen LogP contribution >= 0.6 is 15.9 Å². The van der Waals surface area contributed by atoms with Gasteiger partial charge >= 0.3 is 0 Å². The van der Waals surface area contributed by atoms with Gasteiger partial charge in [0, 0.05) is 22.1 Å². The summed E-state index contributed by atoms with van der Waals surface area (Å²) in [5, 5.41) is 2.91. The maximum atomic E-state index is 12.0. The first-order valence-electron chi connectivity index (χ1n) is 6.24. The van der Waals surface area contributed by atoms with Crippen molar-refractivity contribution in [1.29, 1.82) is 0 Å². The van der Waals surface area contributed by atoms with Crippen molar-refractivity contribution in [3.05, 3.63) is 33.8 Å². The molecule has 0 spiro atoms. The minimum absolute atomic E-state index is 0.0730. The van der Waals surface area contributed by atoms with Crippen LogP contribution in [-0.4, -0.2) is 18.0 Å². The minimum atomic E-state index is -0.309. The van der Waals surface area contributed by atoms with Crippen LogP contribution in [0.2, 0.25) is 0 Å². The van der Waals surface area contributed by atoms with Gasteiger partial charge in [-0.05, 0) is 43.5 Å². The SMILES string of the molecule is CCC(N)(CC)CNC(=O)c1cc(C)cc(Br)c1. The lowest BCUT2D eigenvalue weighted by Crippen LogP contribution is -2.49. The molecular formula is C14H21BrN2O. The number of rotatable bonds is 5. The van der Waals surface area contributed by atoms with Gasteiger partial charge in [0.2, 0.25) is 0 Å². The fourth-order valence-corrected chi connectivity index (χ4v) is 2.33. The second-order valence-corrected chi connectivity index (χ2v) is 5.69. The van der Waals surface area contributed by atoms with Crippen LogP contribution in [0.3, 0.4) is 0 Å². The molecule has 0 heterocycles. The highest BCUT2D eigenvalue weighted by Crippen LogP contribution is 2.16. The maximum Gasteiger partial charge on any atom is 0.251 e.